The van der Waals surface area contributed by atoms with Crippen LogP contribution in [0.3, 0.4) is 0 Å². The summed E-state index contributed by atoms with van der Waals surface area (Å²) in [6, 6.07) is 1.19. The molecule has 0 aliphatic rings. The minimum Gasteiger partial charge on any atom is -0.342 e. The van der Waals surface area contributed by atoms with Gasteiger partial charge in [0.25, 0.3) is 15.0 Å². The quantitative estimate of drug-likeness (QED) is 0.694. The molecule has 0 spiro atoms. The first-order chi connectivity index (χ1) is 9.45. The molecule has 1 heterocycles. The molecule has 10 heteroatoms. The number of hydrogen-bond acceptors (Lipinski definition) is 5. The first-order valence-electron chi connectivity index (χ1n) is 6.03. The van der Waals surface area contributed by atoms with E-state index in [-0.39, 0.29) is 22.9 Å². The van der Waals surface area contributed by atoms with E-state index >= 15 is 0 Å². The molecule has 1 aromatic heterocycles. The molecular weight excluding hydrogens is 340 g/mol. The molecule has 120 valence electrons. The molecule has 0 saturated carbocycles. The summed E-state index contributed by atoms with van der Waals surface area (Å²) in [5.41, 5.74) is 0.146. The molecule has 0 saturated heterocycles. The number of aryl methyl sites for hydroxylation is 1. The van der Waals surface area contributed by atoms with Crippen molar-refractivity contribution < 1.29 is 21.6 Å². The first-order valence-corrected chi connectivity index (χ1v) is 10.4. The number of carbonyl (C=O) groups is 1. The van der Waals surface area contributed by atoms with Crippen molar-refractivity contribution in [3.05, 3.63) is 18.0 Å². The maximum atomic E-state index is 12.3. The minimum atomic E-state index is -3.92. The Morgan fingerprint density at radius 1 is 1.33 bits per heavy atom. The van der Waals surface area contributed by atoms with Crippen LogP contribution in [0.4, 0.5) is 0 Å². The molecule has 0 atom stereocenters. The third-order valence-electron chi connectivity index (χ3n) is 2.86. The standard InChI is InChI=1S/C11H17ClN2O5S2/c1-4-14-8-9(21(12,18)19)7-10(14)11(15)13(2)5-6-20(3,16)17/h7-8H,4-6H2,1-3H3. The highest BCUT2D eigenvalue weighted by molar-refractivity contribution is 8.13. The zero-order chi connectivity index (χ0) is 16.4. The SMILES string of the molecule is CCn1cc(S(=O)(=O)Cl)cc1C(=O)N(C)CCS(C)(=O)=O. The molecule has 0 aliphatic heterocycles. The molecule has 0 bridgehead atoms. The van der Waals surface area contributed by atoms with Gasteiger partial charge in [-0.2, -0.15) is 0 Å². The molecule has 0 aliphatic carbocycles. The van der Waals surface area contributed by atoms with Crippen molar-refractivity contribution in [2.45, 2.75) is 18.4 Å². The van der Waals surface area contributed by atoms with Crippen LogP contribution in [0.1, 0.15) is 17.4 Å². The Hall–Kier alpha value is -1.06. The molecule has 0 radical (unpaired) electrons. The number of carbonyl (C=O) groups excluding carboxylic acids is 1. The molecule has 0 aromatic carbocycles. The van der Waals surface area contributed by atoms with Gasteiger partial charge in [0.05, 0.1) is 5.75 Å². The molecule has 21 heavy (non-hydrogen) atoms. The average molecular weight is 357 g/mol. The van der Waals surface area contributed by atoms with Gasteiger partial charge in [0.1, 0.15) is 20.4 Å². The van der Waals surface area contributed by atoms with Crippen molar-refractivity contribution in [2.24, 2.45) is 0 Å². The number of halogens is 1. The number of aromatic nitrogens is 1. The molecule has 1 rings (SSSR count). The fourth-order valence-electron chi connectivity index (χ4n) is 1.66. The summed E-state index contributed by atoms with van der Waals surface area (Å²) in [6.45, 7) is 2.15. The highest BCUT2D eigenvalue weighted by atomic mass is 35.7. The molecule has 1 amide bonds. The van der Waals surface area contributed by atoms with Crippen molar-refractivity contribution >= 4 is 35.5 Å². The van der Waals surface area contributed by atoms with Crippen LogP contribution < -0.4 is 0 Å². The van der Waals surface area contributed by atoms with E-state index < -0.39 is 24.8 Å². The summed E-state index contributed by atoms with van der Waals surface area (Å²) in [6.07, 6.45) is 2.36. The fourth-order valence-corrected chi connectivity index (χ4v) is 3.02. The van der Waals surface area contributed by atoms with Crippen LogP contribution in [-0.2, 0) is 25.4 Å². The third-order valence-corrected chi connectivity index (χ3v) is 5.10. The molecule has 7 nitrogen and oxygen atoms in total. The number of hydrogen-bond donors (Lipinski definition) is 0. The number of sulfone groups is 1. The maximum Gasteiger partial charge on any atom is 0.270 e. The van der Waals surface area contributed by atoms with Gasteiger partial charge in [-0.25, -0.2) is 16.8 Å². The monoisotopic (exact) mass is 356 g/mol. The Balaban J connectivity index is 3.04. The minimum absolute atomic E-state index is 0.0233. The summed E-state index contributed by atoms with van der Waals surface area (Å²) in [5, 5.41) is 0. The predicted molar refractivity (Wildman–Crippen MR) is 79.8 cm³/mol. The summed E-state index contributed by atoms with van der Waals surface area (Å²) < 4.78 is 46.3. The second-order valence-corrected chi connectivity index (χ2v) is 9.47. The Labute approximate surface area is 128 Å². The van der Waals surface area contributed by atoms with E-state index in [1.165, 1.54) is 28.8 Å². The van der Waals surface area contributed by atoms with Crippen LogP contribution in [0.25, 0.3) is 0 Å². The van der Waals surface area contributed by atoms with Gasteiger partial charge >= 0.3 is 0 Å². The summed E-state index contributed by atoms with van der Waals surface area (Å²) in [7, 11) is -0.396. The van der Waals surface area contributed by atoms with E-state index in [2.05, 4.69) is 0 Å². The number of amides is 1. The second-order valence-electron chi connectivity index (χ2n) is 4.64. The zero-order valence-corrected chi connectivity index (χ0v) is 14.3. The number of rotatable bonds is 6. The van der Waals surface area contributed by atoms with Crippen molar-refractivity contribution in [3.63, 3.8) is 0 Å². The van der Waals surface area contributed by atoms with Crippen LogP contribution in [-0.4, -0.2) is 57.8 Å². The van der Waals surface area contributed by atoms with Crippen molar-refractivity contribution in [3.8, 4) is 0 Å². The van der Waals surface area contributed by atoms with Gasteiger partial charge in [0.2, 0.25) is 0 Å². The van der Waals surface area contributed by atoms with Gasteiger partial charge in [-0.1, -0.05) is 0 Å². The molecule has 0 unspecified atom stereocenters. The van der Waals surface area contributed by atoms with Crippen molar-refractivity contribution in [1.29, 1.82) is 0 Å². The van der Waals surface area contributed by atoms with Crippen molar-refractivity contribution in [1.82, 2.24) is 9.47 Å². The van der Waals surface area contributed by atoms with E-state index in [9.17, 15) is 21.6 Å². The van der Waals surface area contributed by atoms with E-state index in [0.29, 0.717) is 6.54 Å². The normalized spacial score (nSPS) is 12.4. The molecule has 0 fully saturated rings. The zero-order valence-electron chi connectivity index (χ0n) is 11.9. The smallest absolute Gasteiger partial charge is 0.270 e. The molecule has 1 aromatic rings. The van der Waals surface area contributed by atoms with Crippen LogP contribution in [0, 0.1) is 0 Å². The van der Waals surface area contributed by atoms with Gasteiger partial charge in [-0.15, -0.1) is 0 Å². The van der Waals surface area contributed by atoms with Gasteiger partial charge in [-0.3, -0.25) is 4.79 Å². The lowest BCUT2D eigenvalue weighted by Crippen LogP contribution is -2.32. The van der Waals surface area contributed by atoms with Gasteiger partial charge in [0, 0.05) is 43.3 Å². The average Bonchev–Trinajstić information content (AvgIpc) is 2.77. The van der Waals surface area contributed by atoms with Crippen LogP contribution in [0.15, 0.2) is 17.2 Å². The highest BCUT2D eigenvalue weighted by Crippen LogP contribution is 2.19. The lowest BCUT2D eigenvalue weighted by Gasteiger charge is -2.17. The van der Waals surface area contributed by atoms with E-state index in [0.717, 1.165) is 6.26 Å². The summed E-state index contributed by atoms with van der Waals surface area (Å²) >= 11 is 0. The number of nitrogens with zero attached hydrogens (tertiary/aromatic N) is 2. The third kappa shape index (κ3) is 5.01. The summed E-state index contributed by atoms with van der Waals surface area (Å²) in [4.78, 5) is 13.3. The van der Waals surface area contributed by atoms with Gasteiger partial charge in [-0.05, 0) is 13.0 Å². The van der Waals surface area contributed by atoms with E-state index in [4.69, 9.17) is 10.7 Å². The largest absolute Gasteiger partial charge is 0.342 e. The van der Waals surface area contributed by atoms with E-state index in [1.807, 2.05) is 0 Å². The fraction of sp³-hybridized carbons (Fsp3) is 0.545. The lowest BCUT2D eigenvalue weighted by molar-refractivity contribution is 0.0793. The van der Waals surface area contributed by atoms with Crippen LogP contribution >= 0.6 is 10.7 Å². The Kier molecular flexibility index (Phi) is 5.46. The van der Waals surface area contributed by atoms with Crippen LogP contribution in [0.2, 0.25) is 0 Å². The molecular formula is C11H17ClN2O5S2. The summed E-state index contributed by atoms with van der Waals surface area (Å²) in [5.74, 6) is -0.630. The van der Waals surface area contributed by atoms with E-state index in [1.54, 1.807) is 6.92 Å². The Bertz CT molecular complexity index is 737. The van der Waals surface area contributed by atoms with Crippen molar-refractivity contribution in [2.75, 3.05) is 25.6 Å². The Morgan fingerprint density at radius 3 is 2.33 bits per heavy atom. The second kappa shape index (κ2) is 6.37. The maximum absolute atomic E-state index is 12.3. The highest BCUT2D eigenvalue weighted by Gasteiger charge is 2.22. The first kappa shape index (κ1) is 18.0. The molecule has 0 N–H and O–H groups in total. The van der Waals surface area contributed by atoms with Crippen LogP contribution in [0.5, 0.6) is 0 Å². The van der Waals surface area contributed by atoms with Gasteiger partial charge < -0.3 is 9.47 Å². The van der Waals surface area contributed by atoms with Gasteiger partial charge in [0.15, 0.2) is 0 Å². The topological polar surface area (TPSA) is 93.5 Å². The lowest BCUT2D eigenvalue weighted by atomic mass is 10.3. The Morgan fingerprint density at radius 2 is 1.90 bits per heavy atom. The predicted octanol–water partition coefficient (Wildman–Crippen LogP) is 0.552.